The Hall–Kier alpha value is -3.34. The number of carbonyl (C=O) groups excluding carboxylic acids is 1. The molecule has 7 nitrogen and oxygen atoms in total. The van der Waals surface area contributed by atoms with Gasteiger partial charge >= 0.3 is 12.2 Å². The number of hydrogen-bond donors (Lipinski definition) is 2. The largest absolute Gasteiger partial charge is 0.481 e. The average Bonchev–Trinajstić information content (AvgIpc) is 3.21. The number of halogens is 5. The number of benzene rings is 1. The molecule has 0 fully saturated rings. The number of nitrogens with zero attached hydrogens (tertiary/aromatic N) is 3. The zero-order valence-electron chi connectivity index (χ0n) is 17.9. The van der Waals surface area contributed by atoms with Gasteiger partial charge in [-0.25, -0.2) is 14.2 Å². The molecule has 1 aromatic carbocycles. The summed E-state index contributed by atoms with van der Waals surface area (Å²) in [5, 5.41) is 9.45. The highest BCUT2D eigenvalue weighted by atomic mass is 35.5. The summed E-state index contributed by atoms with van der Waals surface area (Å²) in [5.74, 6) is -1.79. The van der Waals surface area contributed by atoms with E-state index in [0.717, 1.165) is 6.07 Å². The normalized spacial score (nSPS) is 15.5. The lowest BCUT2D eigenvalue weighted by Crippen LogP contribution is -2.35. The van der Waals surface area contributed by atoms with Gasteiger partial charge in [0.25, 0.3) is 0 Å². The zero-order valence-corrected chi connectivity index (χ0v) is 18.7. The Labute approximate surface area is 197 Å². The molecular formula is C22H20ClF4N5O2. The number of carbonyl (C=O) groups is 1. The molecule has 0 saturated heterocycles. The predicted molar refractivity (Wildman–Crippen MR) is 118 cm³/mol. The Balaban J connectivity index is 1.63. The molecule has 0 radical (unpaired) electrons. The standard InChI is InChI=1S/C22H20ClF4N5O2/c1-34-20-7-4-14(10-28-20)32(21(33)29-13-3-5-17(24)16(23)9-13)11-19-15-8-12(22(25,26)27)2-6-18(15)30-31-19/h3-5,7,9-10,12H,2,6,8,11H2,1H3,(H,29,33)(H,30,31). The van der Waals surface area contributed by atoms with E-state index < -0.39 is 23.9 Å². The minimum absolute atomic E-state index is 0.0178. The number of pyridine rings is 1. The van der Waals surface area contributed by atoms with Crippen molar-refractivity contribution in [3.8, 4) is 5.88 Å². The van der Waals surface area contributed by atoms with E-state index in [4.69, 9.17) is 16.3 Å². The van der Waals surface area contributed by atoms with Crippen molar-refractivity contribution in [2.75, 3.05) is 17.3 Å². The number of rotatable bonds is 5. The van der Waals surface area contributed by atoms with Gasteiger partial charge in [0.2, 0.25) is 5.88 Å². The number of nitrogens with one attached hydrogen (secondary N) is 2. The maximum absolute atomic E-state index is 13.5. The number of methoxy groups -OCH3 is 1. The van der Waals surface area contributed by atoms with Gasteiger partial charge in [0, 0.05) is 17.4 Å². The summed E-state index contributed by atoms with van der Waals surface area (Å²) in [6, 6.07) is 6.20. The maximum atomic E-state index is 13.5. The van der Waals surface area contributed by atoms with Gasteiger partial charge < -0.3 is 10.1 Å². The van der Waals surface area contributed by atoms with E-state index in [-0.39, 0.29) is 36.5 Å². The third-order valence-electron chi connectivity index (χ3n) is 5.66. The monoisotopic (exact) mass is 497 g/mol. The van der Waals surface area contributed by atoms with Crippen molar-refractivity contribution >= 4 is 29.0 Å². The van der Waals surface area contributed by atoms with Crippen LogP contribution in [0.2, 0.25) is 5.02 Å². The summed E-state index contributed by atoms with van der Waals surface area (Å²) < 4.78 is 58.6. The molecule has 4 rings (SSSR count). The van der Waals surface area contributed by atoms with Gasteiger partial charge in [-0.15, -0.1) is 0 Å². The Bertz CT molecular complexity index is 1180. The predicted octanol–water partition coefficient (Wildman–Crippen LogP) is 5.51. The highest BCUT2D eigenvalue weighted by Gasteiger charge is 2.42. The van der Waals surface area contributed by atoms with Crippen LogP contribution < -0.4 is 15.0 Å². The smallest absolute Gasteiger partial charge is 0.392 e. The molecule has 2 amide bonds. The summed E-state index contributed by atoms with van der Waals surface area (Å²) in [4.78, 5) is 18.6. The van der Waals surface area contributed by atoms with Crippen molar-refractivity contribution in [2.24, 2.45) is 5.92 Å². The minimum atomic E-state index is -4.31. The van der Waals surface area contributed by atoms with Crippen molar-refractivity contribution in [2.45, 2.75) is 32.0 Å². The van der Waals surface area contributed by atoms with Gasteiger partial charge in [-0.05, 0) is 49.1 Å². The molecule has 1 unspecified atom stereocenters. The van der Waals surface area contributed by atoms with Crippen LogP contribution in [-0.2, 0) is 19.4 Å². The van der Waals surface area contributed by atoms with Crippen LogP contribution in [0.1, 0.15) is 23.4 Å². The van der Waals surface area contributed by atoms with Gasteiger partial charge in [0.05, 0.1) is 42.2 Å². The molecular weight excluding hydrogens is 478 g/mol. The highest BCUT2D eigenvalue weighted by Crippen LogP contribution is 2.38. The Morgan fingerprint density at radius 2 is 2.12 bits per heavy atom. The summed E-state index contributed by atoms with van der Waals surface area (Å²) in [6.45, 7) is -0.120. The van der Waals surface area contributed by atoms with Crippen LogP contribution in [0, 0.1) is 11.7 Å². The van der Waals surface area contributed by atoms with Gasteiger partial charge in [-0.3, -0.25) is 10.00 Å². The fourth-order valence-corrected chi connectivity index (χ4v) is 4.00. The number of aromatic nitrogens is 3. The molecule has 180 valence electrons. The second kappa shape index (κ2) is 9.49. The average molecular weight is 498 g/mol. The molecule has 3 aromatic rings. The lowest BCUT2D eigenvalue weighted by Gasteiger charge is -2.26. The van der Waals surface area contributed by atoms with Crippen LogP contribution in [0.15, 0.2) is 36.5 Å². The first-order chi connectivity index (χ1) is 16.2. The van der Waals surface area contributed by atoms with Crippen LogP contribution in [-0.4, -0.2) is 34.5 Å². The number of amides is 2. The Kier molecular flexibility index (Phi) is 6.65. The molecule has 0 aliphatic heterocycles. The van der Waals surface area contributed by atoms with Crippen molar-refractivity contribution in [3.05, 3.63) is 64.3 Å². The van der Waals surface area contributed by atoms with Gasteiger partial charge in [0.15, 0.2) is 0 Å². The number of aromatic amines is 1. The van der Waals surface area contributed by atoms with E-state index >= 15 is 0 Å². The van der Waals surface area contributed by atoms with E-state index in [1.165, 1.54) is 30.3 Å². The molecule has 1 atom stereocenters. The van der Waals surface area contributed by atoms with Crippen molar-refractivity contribution < 1.29 is 27.1 Å². The number of H-pyrrole nitrogens is 1. The van der Waals surface area contributed by atoms with Crippen molar-refractivity contribution in [3.63, 3.8) is 0 Å². The molecule has 1 aliphatic rings. The van der Waals surface area contributed by atoms with Crippen LogP contribution in [0.4, 0.5) is 33.7 Å². The number of aryl methyl sites for hydroxylation is 1. The Morgan fingerprint density at radius 3 is 2.76 bits per heavy atom. The summed E-state index contributed by atoms with van der Waals surface area (Å²) >= 11 is 5.80. The number of anilines is 2. The molecule has 2 heterocycles. The van der Waals surface area contributed by atoms with Crippen LogP contribution in [0.5, 0.6) is 5.88 Å². The number of urea groups is 1. The fraction of sp³-hybridized carbons (Fsp3) is 0.318. The summed E-state index contributed by atoms with van der Waals surface area (Å²) in [7, 11) is 1.44. The Morgan fingerprint density at radius 1 is 1.32 bits per heavy atom. The van der Waals surface area contributed by atoms with E-state index in [0.29, 0.717) is 28.5 Å². The first-order valence-corrected chi connectivity index (χ1v) is 10.7. The zero-order chi connectivity index (χ0) is 24.5. The summed E-state index contributed by atoms with van der Waals surface area (Å²) in [6.07, 6.45) is -2.93. The van der Waals surface area contributed by atoms with E-state index in [1.54, 1.807) is 12.1 Å². The van der Waals surface area contributed by atoms with E-state index in [1.807, 2.05) is 0 Å². The number of fused-ring (bicyclic) bond motifs is 1. The number of hydrogen-bond acceptors (Lipinski definition) is 4. The molecule has 0 bridgehead atoms. The molecule has 12 heteroatoms. The third-order valence-corrected chi connectivity index (χ3v) is 5.95. The van der Waals surface area contributed by atoms with Gasteiger partial charge in [-0.1, -0.05) is 11.6 Å². The van der Waals surface area contributed by atoms with Crippen LogP contribution >= 0.6 is 11.6 Å². The quantitative estimate of drug-likeness (QED) is 0.455. The van der Waals surface area contributed by atoms with Crippen LogP contribution in [0.25, 0.3) is 0 Å². The SMILES string of the molecule is COc1ccc(N(Cc2n[nH]c3c2CC(C(F)(F)F)CC3)C(=O)Nc2ccc(F)c(Cl)c2)cn1. The molecule has 34 heavy (non-hydrogen) atoms. The first kappa shape index (κ1) is 23.8. The topological polar surface area (TPSA) is 83.1 Å². The second-order valence-corrected chi connectivity index (χ2v) is 8.22. The first-order valence-electron chi connectivity index (χ1n) is 10.3. The number of ether oxygens (including phenoxy) is 1. The van der Waals surface area contributed by atoms with Gasteiger partial charge in [-0.2, -0.15) is 18.3 Å². The molecule has 0 saturated carbocycles. The second-order valence-electron chi connectivity index (χ2n) is 7.81. The highest BCUT2D eigenvalue weighted by molar-refractivity contribution is 6.31. The van der Waals surface area contributed by atoms with Crippen LogP contribution in [0.3, 0.4) is 0 Å². The van der Waals surface area contributed by atoms with Gasteiger partial charge in [0.1, 0.15) is 5.82 Å². The van der Waals surface area contributed by atoms with Crippen molar-refractivity contribution in [1.82, 2.24) is 15.2 Å². The minimum Gasteiger partial charge on any atom is -0.481 e. The van der Waals surface area contributed by atoms with Crippen molar-refractivity contribution in [1.29, 1.82) is 0 Å². The third kappa shape index (κ3) is 5.09. The number of alkyl halides is 3. The molecule has 2 aromatic heterocycles. The maximum Gasteiger partial charge on any atom is 0.392 e. The molecule has 2 N–H and O–H groups in total. The fourth-order valence-electron chi connectivity index (χ4n) is 3.82. The van der Waals surface area contributed by atoms with E-state index in [9.17, 15) is 22.4 Å². The van der Waals surface area contributed by atoms with E-state index in [2.05, 4.69) is 20.5 Å². The molecule has 0 spiro atoms. The lowest BCUT2D eigenvalue weighted by molar-refractivity contribution is -0.177. The molecule has 1 aliphatic carbocycles. The summed E-state index contributed by atoms with van der Waals surface area (Å²) in [5.41, 5.74) is 2.01. The lowest BCUT2D eigenvalue weighted by atomic mass is 9.86.